The van der Waals surface area contributed by atoms with Crippen LogP contribution < -0.4 is 5.32 Å². The number of fused-ring (bicyclic) bond motifs is 2. The average Bonchev–Trinajstić information content (AvgIpc) is 2.84. The first kappa shape index (κ1) is 10.9. The summed E-state index contributed by atoms with van der Waals surface area (Å²) in [6.07, 6.45) is 8.42. The van der Waals surface area contributed by atoms with Crippen LogP contribution in [0, 0.1) is 17.8 Å². The van der Waals surface area contributed by atoms with Gasteiger partial charge in [-0.1, -0.05) is 6.42 Å². The number of halogens is 1. The Bertz CT molecular complexity index is 295. The fourth-order valence-electron chi connectivity index (χ4n) is 3.82. The number of carbonyl (C=O) groups is 1. The largest absolute Gasteiger partial charge is 0.349 e. The number of carbonyl (C=O) groups excluding carboxylic acids is 1. The molecule has 0 heterocycles. The first-order valence-electron chi connectivity index (χ1n) is 6.60. The third-order valence-corrected chi connectivity index (χ3v) is 5.54. The van der Waals surface area contributed by atoms with Gasteiger partial charge in [0.2, 0.25) is 5.91 Å². The summed E-state index contributed by atoms with van der Waals surface area (Å²) in [6, 6.07) is 0. The van der Waals surface area contributed by atoms with Crippen molar-refractivity contribution in [1.82, 2.24) is 5.32 Å². The summed E-state index contributed by atoms with van der Waals surface area (Å²) in [7, 11) is 0. The predicted octanol–water partition coefficient (Wildman–Crippen LogP) is 2.70. The number of nitrogens with one attached hydrogen (secondary N) is 1. The van der Waals surface area contributed by atoms with Crippen LogP contribution in [0.5, 0.6) is 0 Å². The normalized spacial score (nSPS) is 39.4. The predicted molar refractivity (Wildman–Crippen MR) is 64.4 cm³/mol. The van der Waals surface area contributed by atoms with Crippen molar-refractivity contribution >= 4 is 17.5 Å². The molecular formula is C13H20ClNO. The smallest absolute Gasteiger partial charge is 0.223 e. The fourth-order valence-corrected chi connectivity index (χ4v) is 4.15. The van der Waals surface area contributed by atoms with Gasteiger partial charge in [-0.25, -0.2) is 0 Å². The molecule has 0 aliphatic heterocycles. The number of alkyl halides is 1. The van der Waals surface area contributed by atoms with E-state index < -0.39 is 0 Å². The monoisotopic (exact) mass is 241 g/mol. The molecule has 3 fully saturated rings. The van der Waals surface area contributed by atoms with Gasteiger partial charge in [0.15, 0.2) is 0 Å². The van der Waals surface area contributed by atoms with E-state index in [1.165, 1.54) is 25.7 Å². The Hall–Kier alpha value is -0.240. The maximum Gasteiger partial charge on any atom is 0.223 e. The summed E-state index contributed by atoms with van der Waals surface area (Å²) in [5, 5.41) is 3.24. The summed E-state index contributed by atoms with van der Waals surface area (Å²) in [4.78, 5) is 12.2. The Labute approximate surface area is 102 Å². The Morgan fingerprint density at radius 1 is 1.31 bits per heavy atom. The molecule has 0 radical (unpaired) electrons. The van der Waals surface area contributed by atoms with E-state index in [4.69, 9.17) is 11.6 Å². The topological polar surface area (TPSA) is 29.1 Å². The molecule has 1 amide bonds. The molecule has 3 unspecified atom stereocenters. The van der Waals surface area contributed by atoms with Crippen LogP contribution in [0.15, 0.2) is 0 Å². The lowest BCUT2D eigenvalue weighted by atomic mass is 9.77. The van der Waals surface area contributed by atoms with Gasteiger partial charge in [0.1, 0.15) is 0 Å². The van der Waals surface area contributed by atoms with E-state index in [2.05, 4.69) is 5.32 Å². The molecule has 3 atom stereocenters. The summed E-state index contributed by atoms with van der Waals surface area (Å²) < 4.78 is 0. The highest BCUT2D eigenvalue weighted by atomic mass is 35.5. The fraction of sp³-hybridized carbons (Fsp3) is 0.923. The number of hydrogen-bond acceptors (Lipinski definition) is 1. The Morgan fingerprint density at radius 2 is 2.12 bits per heavy atom. The summed E-state index contributed by atoms with van der Waals surface area (Å²) in [5.41, 5.74) is -0.0412. The van der Waals surface area contributed by atoms with E-state index in [0.29, 0.717) is 23.6 Å². The molecule has 3 aliphatic carbocycles. The second-order valence-corrected chi connectivity index (χ2v) is 6.31. The van der Waals surface area contributed by atoms with E-state index in [1.807, 2.05) is 0 Å². The zero-order valence-electron chi connectivity index (χ0n) is 9.68. The van der Waals surface area contributed by atoms with Crippen LogP contribution in [-0.2, 0) is 4.79 Å². The van der Waals surface area contributed by atoms with Crippen molar-refractivity contribution in [2.24, 2.45) is 17.8 Å². The van der Waals surface area contributed by atoms with E-state index >= 15 is 0 Å². The van der Waals surface area contributed by atoms with Crippen LogP contribution in [0.4, 0.5) is 0 Å². The number of rotatable bonds is 3. The molecule has 3 heteroatoms. The molecule has 0 spiro atoms. The average molecular weight is 242 g/mol. The van der Waals surface area contributed by atoms with Gasteiger partial charge in [-0.05, 0) is 50.4 Å². The van der Waals surface area contributed by atoms with Gasteiger partial charge < -0.3 is 5.32 Å². The van der Waals surface area contributed by atoms with Crippen molar-refractivity contribution in [2.75, 3.05) is 5.88 Å². The van der Waals surface area contributed by atoms with Gasteiger partial charge in [0.25, 0.3) is 0 Å². The third-order valence-electron chi connectivity index (χ3n) is 5.03. The molecular weight excluding hydrogens is 222 g/mol. The second kappa shape index (κ2) is 3.90. The number of hydrogen-bond donors (Lipinski definition) is 1. The number of amides is 1. The Morgan fingerprint density at radius 3 is 2.56 bits per heavy atom. The maximum atomic E-state index is 12.2. The molecule has 3 rings (SSSR count). The maximum absolute atomic E-state index is 12.2. The van der Waals surface area contributed by atoms with Crippen LogP contribution in [0.25, 0.3) is 0 Å². The SMILES string of the molecule is O=C(NC1(CCl)CCC1)C1CC2CCC1C2. The van der Waals surface area contributed by atoms with Crippen LogP contribution in [0.1, 0.15) is 44.9 Å². The molecule has 2 nitrogen and oxygen atoms in total. The zero-order valence-corrected chi connectivity index (χ0v) is 10.4. The molecule has 16 heavy (non-hydrogen) atoms. The lowest BCUT2D eigenvalue weighted by Gasteiger charge is -2.42. The van der Waals surface area contributed by atoms with Crippen LogP contribution >= 0.6 is 11.6 Å². The molecule has 1 N–H and O–H groups in total. The van der Waals surface area contributed by atoms with Gasteiger partial charge in [0.05, 0.1) is 5.54 Å². The minimum atomic E-state index is -0.0412. The van der Waals surface area contributed by atoms with Crippen molar-refractivity contribution in [3.8, 4) is 0 Å². The standard InChI is InChI=1S/C13H20ClNO/c14-8-13(4-1-5-13)15-12(16)11-7-9-2-3-10(11)6-9/h9-11H,1-8H2,(H,15,16). The quantitative estimate of drug-likeness (QED) is 0.757. The minimum Gasteiger partial charge on any atom is -0.349 e. The van der Waals surface area contributed by atoms with E-state index in [9.17, 15) is 4.79 Å². The van der Waals surface area contributed by atoms with E-state index in [-0.39, 0.29) is 5.54 Å². The lowest BCUT2D eigenvalue weighted by Crippen LogP contribution is -2.56. The van der Waals surface area contributed by atoms with Crippen molar-refractivity contribution < 1.29 is 4.79 Å². The van der Waals surface area contributed by atoms with E-state index in [0.717, 1.165) is 25.2 Å². The van der Waals surface area contributed by atoms with Crippen molar-refractivity contribution in [2.45, 2.75) is 50.5 Å². The highest BCUT2D eigenvalue weighted by Gasteiger charge is 2.46. The van der Waals surface area contributed by atoms with Crippen LogP contribution in [0.3, 0.4) is 0 Å². The Kier molecular flexibility index (Phi) is 2.66. The summed E-state index contributed by atoms with van der Waals surface area (Å²) in [6.45, 7) is 0. The molecule has 0 aromatic rings. The van der Waals surface area contributed by atoms with Crippen LogP contribution in [-0.4, -0.2) is 17.3 Å². The molecule has 0 aromatic heterocycles. The molecule has 90 valence electrons. The first-order chi connectivity index (χ1) is 7.72. The molecule has 3 aliphatic rings. The lowest BCUT2D eigenvalue weighted by molar-refractivity contribution is -0.129. The third kappa shape index (κ3) is 1.66. The van der Waals surface area contributed by atoms with E-state index in [1.54, 1.807) is 0 Å². The van der Waals surface area contributed by atoms with Crippen LogP contribution in [0.2, 0.25) is 0 Å². The van der Waals surface area contributed by atoms with Gasteiger partial charge >= 0.3 is 0 Å². The van der Waals surface area contributed by atoms with Crippen molar-refractivity contribution in [1.29, 1.82) is 0 Å². The highest BCUT2D eigenvalue weighted by Crippen LogP contribution is 2.48. The highest BCUT2D eigenvalue weighted by molar-refractivity contribution is 6.18. The zero-order chi connectivity index (χ0) is 11.2. The van der Waals surface area contributed by atoms with Gasteiger partial charge in [-0.2, -0.15) is 0 Å². The molecule has 2 bridgehead atoms. The van der Waals surface area contributed by atoms with Crippen molar-refractivity contribution in [3.05, 3.63) is 0 Å². The van der Waals surface area contributed by atoms with Crippen molar-refractivity contribution in [3.63, 3.8) is 0 Å². The first-order valence-corrected chi connectivity index (χ1v) is 7.14. The van der Waals surface area contributed by atoms with Gasteiger partial charge in [-0.3, -0.25) is 4.79 Å². The summed E-state index contributed by atoms with van der Waals surface area (Å²) >= 11 is 5.98. The minimum absolute atomic E-state index is 0.0412. The second-order valence-electron chi connectivity index (χ2n) is 6.04. The molecule has 0 saturated heterocycles. The van der Waals surface area contributed by atoms with Gasteiger partial charge in [-0.15, -0.1) is 11.6 Å². The molecule has 3 saturated carbocycles. The Balaban J connectivity index is 1.61. The molecule has 0 aromatic carbocycles. The van der Waals surface area contributed by atoms with Gasteiger partial charge in [0, 0.05) is 11.8 Å². The summed E-state index contributed by atoms with van der Waals surface area (Å²) in [5.74, 6) is 2.71.